The number of amides is 2. The van der Waals surface area contributed by atoms with E-state index in [2.05, 4.69) is 15.6 Å². The van der Waals surface area contributed by atoms with E-state index in [0.29, 0.717) is 22.3 Å². The third-order valence-electron chi connectivity index (χ3n) is 2.84. The van der Waals surface area contributed by atoms with E-state index in [4.69, 9.17) is 11.6 Å². The first-order valence-corrected chi connectivity index (χ1v) is 7.70. The minimum Gasteiger partial charge on any atom is -0.308 e. The predicted octanol–water partition coefficient (Wildman–Crippen LogP) is 4.30. The molecule has 0 unspecified atom stereocenters. The maximum Gasteiger partial charge on any atom is 0.324 e. The third kappa shape index (κ3) is 3.56. The van der Waals surface area contributed by atoms with E-state index >= 15 is 0 Å². The fourth-order valence-corrected chi connectivity index (χ4v) is 2.88. The largest absolute Gasteiger partial charge is 0.324 e. The van der Waals surface area contributed by atoms with E-state index in [1.165, 1.54) is 0 Å². The van der Waals surface area contributed by atoms with Crippen LogP contribution in [0.3, 0.4) is 0 Å². The summed E-state index contributed by atoms with van der Waals surface area (Å²) in [4.78, 5) is 17.5. The summed E-state index contributed by atoms with van der Waals surface area (Å²) in [5.74, 6) is 1.29. The lowest BCUT2D eigenvalue weighted by Gasteiger charge is -2.15. The van der Waals surface area contributed by atoms with Gasteiger partial charge in [-0.3, -0.25) is 5.32 Å². The molecule has 0 aromatic heterocycles. The molecule has 1 aliphatic heterocycles. The number of anilines is 1. The van der Waals surface area contributed by atoms with Gasteiger partial charge in [0.15, 0.2) is 0 Å². The maximum atomic E-state index is 11.9. The van der Waals surface area contributed by atoms with Crippen molar-refractivity contribution in [2.75, 3.05) is 11.1 Å². The Bertz CT molecular complexity index is 700. The first kappa shape index (κ1) is 14.0. The number of halogens is 1. The van der Waals surface area contributed by atoms with E-state index in [9.17, 15) is 4.79 Å². The average Bonchev–Trinajstić information content (AvgIpc) is 2.49. The molecule has 0 aliphatic carbocycles. The van der Waals surface area contributed by atoms with Gasteiger partial charge in [-0.05, 0) is 36.4 Å². The van der Waals surface area contributed by atoms with Crippen LogP contribution < -0.4 is 10.6 Å². The Balaban J connectivity index is 1.66. The Labute approximate surface area is 131 Å². The van der Waals surface area contributed by atoms with Crippen molar-refractivity contribution in [3.63, 3.8) is 0 Å². The summed E-state index contributed by atoms with van der Waals surface area (Å²) in [7, 11) is 0. The molecule has 106 valence electrons. The lowest BCUT2D eigenvalue weighted by Crippen LogP contribution is -2.36. The topological polar surface area (TPSA) is 53.5 Å². The summed E-state index contributed by atoms with van der Waals surface area (Å²) in [6.07, 6.45) is 0. The van der Waals surface area contributed by atoms with Crippen LogP contribution in [-0.2, 0) is 0 Å². The Morgan fingerprint density at radius 3 is 2.67 bits per heavy atom. The molecular weight excluding hydrogens is 306 g/mol. The molecule has 21 heavy (non-hydrogen) atoms. The number of carbonyl (C=O) groups excluding carboxylic acids is 1. The highest BCUT2D eigenvalue weighted by Crippen LogP contribution is 2.32. The second-order valence-electron chi connectivity index (χ2n) is 4.40. The molecule has 1 heterocycles. The zero-order valence-corrected chi connectivity index (χ0v) is 12.5. The highest BCUT2D eigenvalue weighted by molar-refractivity contribution is 8.00. The number of hydrogen-bond donors (Lipinski definition) is 2. The van der Waals surface area contributed by atoms with Crippen LogP contribution in [-0.4, -0.2) is 17.6 Å². The molecule has 2 aromatic carbocycles. The van der Waals surface area contributed by atoms with Gasteiger partial charge in [0.05, 0.1) is 11.4 Å². The summed E-state index contributed by atoms with van der Waals surface area (Å²) < 4.78 is 0. The van der Waals surface area contributed by atoms with Crippen molar-refractivity contribution < 1.29 is 4.79 Å². The summed E-state index contributed by atoms with van der Waals surface area (Å²) in [6.45, 7) is 0. The normalized spacial score (nSPS) is 13.1. The van der Waals surface area contributed by atoms with Crippen LogP contribution in [0, 0.1) is 0 Å². The smallest absolute Gasteiger partial charge is 0.308 e. The number of amidine groups is 1. The van der Waals surface area contributed by atoms with Gasteiger partial charge in [-0.25, -0.2) is 9.79 Å². The second-order valence-corrected chi connectivity index (χ2v) is 5.85. The van der Waals surface area contributed by atoms with Gasteiger partial charge in [-0.2, -0.15) is 0 Å². The number of hydrogen-bond acceptors (Lipinski definition) is 3. The first-order valence-electron chi connectivity index (χ1n) is 6.34. The van der Waals surface area contributed by atoms with Gasteiger partial charge in [0.2, 0.25) is 0 Å². The highest BCUT2D eigenvalue weighted by atomic mass is 35.5. The maximum absolute atomic E-state index is 11.9. The van der Waals surface area contributed by atoms with Gasteiger partial charge >= 0.3 is 6.03 Å². The van der Waals surface area contributed by atoms with Gasteiger partial charge in [-0.15, -0.1) is 11.8 Å². The molecule has 0 saturated heterocycles. The Morgan fingerprint density at radius 2 is 1.86 bits per heavy atom. The zero-order valence-electron chi connectivity index (χ0n) is 11.0. The molecule has 0 saturated carbocycles. The monoisotopic (exact) mass is 317 g/mol. The number of nitrogens with zero attached hydrogens (tertiary/aromatic N) is 1. The Kier molecular flexibility index (Phi) is 4.13. The number of rotatable bonds is 1. The standard InChI is InChI=1S/C15H12ClN3OS/c16-10-5-7-11(8-6-10)17-15(20)19-14-9-21-13-4-2-1-3-12(13)18-14/h1-8H,9H2,(H2,17,18,19,20). The third-order valence-corrected chi connectivity index (χ3v) is 4.17. The molecule has 2 amide bonds. The van der Waals surface area contributed by atoms with Crippen molar-refractivity contribution >= 4 is 46.6 Å². The number of nitrogens with one attached hydrogen (secondary N) is 2. The minimum absolute atomic E-state index is 0.309. The molecule has 2 N–H and O–H groups in total. The van der Waals surface area contributed by atoms with Crippen LogP contribution >= 0.6 is 23.4 Å². The summed E-state index contributed by atoms with van der Waals surface area (Å²) >= 11 is 7.46. The minimum atomic E-state index is -0.309. The zero-order chi connectivity index (χ0) is 14.7. The fourth-order valence-electron chi connectivity index (χ4n) is 1.89. The first-order chi connectivity index (χ1) is 10.2. The van der Waals surface area contributed by atoms with Gasteiger partial charge in [0.25, 0.3) is 0 Å². The second kappa shape index (κ2) is 6.20. The lowest BCUT2D eigenvalue weighted by atomic mass is 10.3. The number of para-hydroxylation sites is 1. The number of fused-ring (bicyclic) bond motifs is 1. The van der Waals surface area contributed by atoms with Crippen LogP contribution in [0.25, 0.3) is 0 Å². The van der Waals surface area contributed by atoms with Crippen LogP contribution in [0.5, 0.6) is 0 Å². The number of thioether (sulfide) groups is 1. The van der Waals surface area contributed by atoms with Crippen molar-refractivity contribution in [1.29, 1.82) is 0 Å². The predicted molar refractivity (Wildman–Crippen MR) is 87.9 cm³/mol. The molecule has 0 atom stereocenters. The average molecular weight is 318 g/mol. The fraction of sp³-hybridized carbons (Fsp3) is 0.0667. The molecular formula is C15H12ClN3OS. The molecule has 0 bridgehead atoms. The summed E-state index contributed by atoms with van der Waals surface area (Å²) in [5.41, 5.74) is 1.57. The molecule has 0 radical (unpaired) electrons. The summed E-state index contributed by atoms with van der Waals surface area (Å²) in [5, 5.41) is 6.14. The van der Waals surface area contributed by atoms with E-state index < -0.39 is 0 Å². The number of urea groups is 1. The number of aliphatic imine (C=N–C) groups is 1. The Hall–Kier alpha value is -1.98. The van der Waals surface area contributed by atoms with Crippen LogP contribution in [0.1, 0.15) is 0 Å². The van der Waals surface area contributed by atoms with E-state index in [1.807, 2.05) is 24.3 Å². The molecule has 4 nitrogen and oxygen atoms in total. The van der Waals surface area contributed by atoms with E-state index in [0.717, 1.165) is 10.6 Å². The molecule has 6 heteroatoms. The van der Waals surface area contributed by atoms with Crippen LogP contribution in [0.4, 0.5) is 16.2 Å². The van der Waals surface area contributed by atoms with Crippen molar-refractivity contribution in [3.8, 4) is 0 Å². The van der Waals surface area contributed by atoms with Crippen LogP contribution in [0.2, 0.25) is 5.02 Å². The Morgan fingerprint density at radius 1 is 1.10 bits per heavy atom. The molecule has 1 aliphatic rings. The van der Waals surface area contributed by atoms with Crippen molar-refractivity contribution in [3.05, 3.63) is 53.6 Å². The lowest BCUT2D eigenvalue weighted by molar-refractivity contribution is 0.256. The highest BCUT2D eigenvalue weighted by Gasteiger charge is 2.14. The number of benzene rings is 2. The molecule has 3 rings (SSSR count). The molecule has 0 fully saturated rings. The van der Waals surface area contributed by atoms with Crippen LogP contribution in [0.15, 0.2) is 58.4 Å². The van der Waals surface area contributed by atoms with Gasteiger partial charge in [0.1, 0.15) is 5.84 Å². The molecule has 0 spiro atoms. The van der Waals surface area contributed by atoms with E-state index in [-0.39, 0.29) is 6.03 Å². The quantitative estimate of drug-likeness (QED) is 0.824. The SMILES string of the molecule is O=C(NC1=Nc2ccccc2SC1)Nc1ccc(Cl)cc1. The van der Waals surface area contributed by atoms with Crippen molar-refractivity contribution in [2.45, 2.75) is 4.90 Å². The van der Waals surface area contributed by atoms with Crippen molar-refractivity contribution in [1.82, 2.24) is 5.32 Å². The number of carbonyl (C=O) groups is 1. The van der Waals surface area contributed by atoms with Gasteiger partial charge in [-0.1, -0.05) is 23.7 Å². The van der Waals surface area contributed by atoms with Gasteiger partial charge < -0.3 is 5.32 Å². The van der Waals surface area contributed by atoms with Crippen molar-refractivity contribution in [2.24, 2.45) is 4.99 Å². The molecule has 2 aromatic rings. The van der Waals surface area contributed by atoms with Gasteiger partial charge in [0, 0.05) is 15.6 Å². The van der Waals surface area contributed by atoms with E-state index in [1.54, 1.807) is 36.0 Å². The summed E-state index contributed by atoms with van der Waals surface area (Å²) in [6, 6.07) is 14.5.